The van der Waals surface area contributed by atoms with Crippen molar-refractivity contribution in [1.82, 2.24) is 10.9 Å². The van der Waals surface area contributed by atoms with Gasteiger partial charge in [-0.05, 0) is 48.2 Å². The lowest BCUT2D eigenvalue weighted by atomic mass is 9.87. The van der Waals surface area contributed by atoms with Gasteiger partial charge in [-0.2, -0.15) is 0 Å². The van der Waals surface area contributed by atoms with Crippen LogP contribution in [-0.2, 0) is 10.2 Å². The highest BCUT2D eigenvalue weighted by Gasteiger charge is 2.14. The number of hydrazine groups is 1. The molecule has 142 valence electrons. The molecule has 0 radical (unpaired) electrons. The second kappa shape index (κ2) is 8.54. The van der Waals surface area contributed by atoms with Gasteiger partial charge in [-0.25, -0.2) is 0 Å². The van der Waals surface area contributed by atoms with Crippen molar-refractivity contribution in [3.63, 3.8) is 0 Å². The lowest BCUT2D eigenvalue weighted by molar-refractivity contribution is -0.117. The minimum absolute atomic E-state index is 0.0187. The van der Waals surface area contributed by atoms with E-state index < -0.39 is 5.91 Å². The molecule has 0 atom stereocenters. The third kappa shape index (κ3) is 5.71. The third-order valence-corrected chi connectivity index (χ3v) is 4.11. The fraction of sp³-hybridized carbons (Fsp3) is 0.273. The summed E-state index contributed by atoms with van der Waals surface area (Å²) in [5, 5.41) is 0. The molecule has 2 amide bonds. The van der Waals surface area contributed by atoms with Crippen molar-refractivity contribution in [3.8, 4) is 5.75 Å². The molecule has 5 nitrogen and oxygen atoms in total. The fourth-order valence-electron chi connectivity index (χ4n) is 2.50. The summed E-state index contributed by atoms with van der Waals surface area (Å²) < 4.78 is 5.27. The van der Waals surface area contributed by atoms with Crippen LogP contribution in [0.15, 0.2) is 48.5 Å². The Bertz CT molecular complexity index is 847. The number of amides is 2. The summed E-state index contributed by atoms with van der Waals surface area (Å²) in [5.74, 6) is -0.129. The van der Waals surface area contributed by atoms with E-state index in [1.165, 1.54) is 6.08 Å². The molecule has 0 aliphatic heterocycles. The monoisotopic (exact) mass is 366 g/mol. The maximum absolute atomic E-state index is 12.2. The zero-order valence-corrected chi connectivity index (χ0v) is 16.4. The molecule has 0 heterocycles. The third-order valence-electron chi connectivity index (χ3n) is 4.11. The Morgan fingerprint density at radius 1 is 1.00 bits per heavy atom. The number of rotatable bonds is 4. The minimum Gasteiger partial charge on any atom is -0.496 e. The van der Waals surface area contributed by atoms with Gasteiger partial charge in [0.15, 0.2) is 0 Å². The fourth-order valence-corrected chi connectivity index (χ4v) is 2.50. The van der Waals surface area contributed by atoms with E-state index in [1.807, 2.05) is 37.3 Å². The van der Waals surface area contributed by atoms with Gasteiger partial charge in [-0.1, -0.05) is 44.5 Å². The normalized spacial score (nSPS) is 11.3. The molecular formula is C22H26N2O3. The number of ether oxygens (including phenoxy) is 1. The van der Waals surface area contributed by atoms with Crippen molar-refractivity contribution >= 4 is 17.9 Å². The number of methoxy groups -OCH3 is 1. The lowest BCUT2D eigenvalue weighted by Crippen LogP contribution is -2.40. The molecule has 0 bridgehead atoms. The highest BCUT2D eigenvalue weighted by molar-refractivity contribution is 5.98. The van der Waals surface area contributed by atoms with Crippen LogP contribution in [0.4, 0.5) is 0 Å². The Hall–Kier alpha value is -3.08. The molecule has 0 aliphatic carbocycles. The van der Waals surface area contributed by atoms with Crippen molar-refractivity contribution in [2.45, 2.75) is 33.1 Å². The average Bonchev–Trinajstić information content (AvgIpc) is 2.64. The molecule has 2 aromatic carbocycles. The van der Waals surface area contributed by atoms with Gasteiger partial charge in [0, 0.05) is 17.2 Å². The van der Waals surface area contributed by atoms with Gasteiger partial charge in [-0.15, -0.1) is 0 Å². The molecular weight excluding hydrogens is 340 g/mol. The van der Waals surface area contributed by atoms with E-state index in [0.717, 1.165) is 16.7 Å². The number of benzene rings is 2. The number of carbonyl (C=O) groups is 2. The first kappa shape index (κ1) is 20.2. The minimum atomic E-state index is -0.432. The lowest BCUT2D eigenvalue weighted by Gasteiger charge is -2.19. The van der Waals surface area contributed by atoms with Gasteiger partial charge in [-0.3, -0.25) is 20.4 Å². The van der Waals surface area contributed by atoms with Gasteiger partial charge in [0.05, 0.1) is 7.11 Å². The molecule has 0 aliphatic rings. The molecule has 2 aromatic rings. The highest BCUT2D eigenvalue weighted by atomic mass is 16.5. The van der Waals surface area contributed by atoms with Crippen LogP contribution in [0.2, 0.25) is 0 Å². The van der Waals surface area contributed by atoms with Gasteiger partial charge < -0.3 is 4.74 Å². The summed E-state index contributed by atoms with van der Waals surface area (Å²) in [4.78, 5) is 24.1. The van der Waals surface area contributed by atoms with Crippen LogP contribution >= 0.6 is 0 Å². The Labute approximate surface area is 160 Å². The van der Waals surface area contributed by atoms with Crippen molar-refractivity contribution in [3.05, 3.63) is 70.8 Å². The molecule has 0 aromatic heterocycles. The van der Waals surface area contributed by atoms with Crippen LogP contribution in [0.25, 0.3) is 6.08 Å². The molecule has 0 unspecified atom stereocenters. The highest BCUT2D eigenvalue weighted by Crippen LogP contribution is 2.22. The zero-order valence-electron chi connectivity index (χ0n) is 16.4. The molecule has 0 saturated heterocycles. The largest absolute Gasteiger partial charge is 0.496 e. The number of carbonyl (C=O) groups excluding carboxylic acids is 2. The van der Waals surface area contributed by atoms with E-state index in [1.54, 1.807) is 25.3 Å². The first-order valence-electron chi connectivity index (χ1n) is 8.74. The Balaban J connectivity index is 1.95. The van der Waals surface area contributed by atoms with Crippen LogP contribution in [0.5, 0.6) is 5.75 Å². The van der Waals surface area contributed by atoms with E-state index in [-0.39, 0.29) is 11.3 Å². The first-order chi connectivity index (χ1) is 12.7. The average molecular weight is 366 g/mol. The smallest absolute Gasteiger partial charge is 0.269 e. The van der Waals surface area contributed by atoms with Crippen LogP contribution in [-0.4, -0.2) is 18.9 Å². The van der Waals surface area contributed by atoms with Crippen LogP contribution in [0.3, 0.4) is 0 Å². The maximum Gasteiger partial charge on any atom is 0.269 e. The summed E-state index contributed by atoms with van der Waals surface area (Å²) in [6.45, 7) is 8.29. The SMILES string of the molecule is COc1ccc(C)cc1/C=C/C(=O)NNC(=O)c1ccc(C(C)(C)C)cc1. The second-order valence-electron chi connectivity index (χ2n) is 7.35. The Kier molecular flexibility index (Phi) is 6.40. The molecule has 0 saturated carbocycles. The van der Waals surface area contributed by atoms with Crippen molar-refractivity contribution in [2.24, 2.45) is 0 Å². The van der Waals surface area contributed by atoms with Crippen LogP contribution < -0.4 is 15.6 Å². The number of hydrogen-bond acceptors (Lipinski definition) is 3. The number of hydrogen-bond donors (Lipinski definition) is 2. The van der Waals surface area contributed by atoms with Gasteiger partial charge in [0.2, 0.25) is 0 Å². The summed E-state index contributed by atoms with van der Waals surface area (Å²) in [7, 11) is 1.58. The van der Waals surface area contributed by atoms with E-state index >= 15 is 0 Å². The van der Waals surface area contributed by atoms with E-state index in [4.69, 9.17) is 4.74 Å². The summed E-state index contributed by atoms with van der Waals surface area (Å²) in [6.07, 6.45) is 2.99. The second-order valence-corrected chi connectivity index (χ2v) is 7.35. The molecule has 27 heavy (non-hydrogen) atoms. The summed E-state index contributed by atoms with van der Waals surface area (Å²) in [5.41, 5.74) is 8.28. The molecule has 0 spiro atoms. The van der Waals surface area contributed by atoms with Gasteiger partial charge in [0.25, 0.3) is 11.8 Å². The van der Waals surface area contributed by atoms with Crippen molar-refractivity contribution in [1.29, 1.82) is 0 Å². The Morgan fingerprint density at radius 2 is 1.67 bits per heavy atom. The van der Waals surface area contributed by atoms with Crippen LogP contribution in [0, 0.1) is 6.92 Å². The van der Waals surface area contributed by atoms with E-state index in [0.29, 0.717) is 11.3 Å². The van der Waals surface area contributed by atoms with Crippen molar-refractivity contribution in [2.75, 3.05) is 7.11 Å². The number of nitrogens with one attached hydrogen (secondary N) is 2. The Morgan fingerprint density at radius 3 is 2.26 bits per heavy atom. The molecule has 2 rings (SSSR count). The van der Waals surface area contributed by atoms with Crippen molar-refractivity contribution < 1.29 is 14.3 Å². The predicted molar refractivity (Wildman–Crippen MR) is 108 cm³/mol. The first-order valence-corrected chi connectivity index (χ1v) is 8.74. The summed E-state index contributed by atoms with van der Waals surface area (Å²) >= 11 is 0. The molecule has 2 N–H and O–H groups in total. The maximum atomic E-state index is 12.2. The van der Waals surface area contributed by atoms with E-state index in [9.17, 15) is 9.59 Å². The quantitative estimate of drug-likeness (QED) is 0.639. The predicted octanol–water partition coefficient (Wildman–Crippen LogP) is 3.78. The van der Waals surface area contributed by atoms with Gasteiger partial charge >= 0.3 is 0 Å². The van der Waals surface area contributed by atoms with Gasteiger partial charge in [0.1, 0.15) is 5.75 Å². The molecule has 0 fully saturated rings. The molecule has 5 heteroatoms. The van der Waals surface area contributed by atoms with Crippen LogP contribution in [0.1, 0.15) is 47.8 Å². The zero-order chi connectivity index (χ0) is 20.0. The van der Waals surface area contributed by atoms with E-state index in [2.05, 4.69) is 31.6 Å². The number of aryl methyl sites for hydroxylation is 1. The topological polar surface area (TPSA) is 67.4 Å². The summed E-state index contributed by atoms with van der Waals surface area (Å²) in [6, 6.07) is 13.0. The standard InChI is InChI=1S/C22H26N2O3/c1-15-6-12-19(27-5)17(14-15)9-13-20(25)23-24-21(26)16-7-10-18(11-8-16)22(2,3)4/h6-14H,1-5H3,(H,23,25)(H,24,26)/b13-9+.